The van der Waals surface area contributed by atoms with Crippen LogP contribution in [-0.2, 0) is 6.54 Å². The molecular formula is C13H18ClN3S. The molecule has 0 fully saturated rings. The summed E-state index contributed by atoms with van der Waals surface area (Å²) in [6.07, 6.45) is 3.04. The standard InChI is InChI=1S/C13H18ClN3S/c1-3-17-12-8-9(14)4-5-11(12)16-13(17)10(15)6-7-18-2/h4-5,8,10H,3,6-7,15H2,1-2H3. The minimum atomic E-state index is -0.0106. The van der Waals surface area contributed by atoms with E-state index in [1.807, 2.05) is 30.0 Å². The van der Waals surface area contributed by atoms with Crippen molar-refractivity contribution >= 4 is 34.4 Å². The van der Waals surface area contributed by atoms with Crippen molar-refractivity contribution in [2.75, 3.05) is 12.0 Å². The average molecular weight is 284 g/mol. The van der Waals surface area contributed by atoms with Gasteiger partial charge >= 0.3 is 0 Å². The molecule has 5 heteroatoms. The van der Waals surface area contributed by atoms with Crippen molar-refractivity contribution < 1.29 is 0 Å². The van der Waals surface area contributed by atoms with Gasteiger partial charge in [0.2, 0.25) is 0 Å². The second kappa shape index (κ2) is 5.95. The minimum absolute atomic E-state index is 0.0106. The Morgan fingerprint density at radius 2 is 2.28 bits per heavy atom. The van der Waals surface area contributed by atoms with E-state index in [1.54, 1.807) is 0 Å². The molecule has 98 valence electrons. The van der Waals surface area contributed by atoms with Gasteiger partial charge in [0, 0.05) is 11.6 Å². The zero-order valence-corrected chi connectivity index (χ0v) is 12.3. The Labute approximate surface area is 117 Å². The molecule has 1 atom stereocenters. The smallest absolute Gasteiger partial charge is 0.126 e. The first kappa shape index (κ1) is 13.7. The van der Waals surface area contributed by atoms with Crippen molar-refractivity contribution in [3.63, 3.8) is 0 Å². The highest BCUT2D eigenvalue weighted by Gasteiger charge is 2.16. The van der Waals surface area contributed by atoms with Crippen molar-refractivity contribution in [3.05, 3.63) is 29.0 Å². The van der Waals surface area contributed by atoms with Gasteiger partial charge in [0.05, 0.1) is 17.1 Å². The number of imidazole rings is 1. The summed E-state index contributed by atoms with van der Waals surface area (Å²) in [6.45, 7) is 2.96. The molecular weight excluding hydrogens is 266 g/mol. The van der Waals surface area contributed by atoms with E-state index in [0.29, 0.717) is 0 Å². The Bertz CT molecular complexity index is 538. The Morgan fingerprint density at radius 1 is 1.50 bits per heavy atom. The van der Waals surface area contributed by atoms with Gasteiger partial charge in [0.1, 0.15) is 5.82 Å². The lowest BCUT2D eigenvalue weighted by atomic mass is 10.2. The predicted octanol–water partition coefficient (Wildman–Crippen LogP) is 3.46. The molecule has 0 saturated carbocycles. The Balaban J connectivity index is 2.43. The van der Waals surface area contributed by atoms with Gasteiger partial charge in [-0.2, -0.15) is 11.8 Å². The number of halogens is 1. The van der Waals surface area contributed by atoms with E-state index in [0.717, 1.165) is 40.6 Å². The van der Waals surface area contributed by atoms with Crippen LogP contribution >= 0.6 is 23.4 Å². The van der Waals surface area contributed by atoms with Crippen LogP contribution in [0.25, 0.3) is 11.0 Å². The number of aromatic nitrogens is 2. The molecule has 0 radical (unpaired) electrons. The van der Waals surface area contributed by atoms with Gasteiger partial charge in [-0.25, -0.2) is 4.98 Å². The molecule has 0 aliphatic heterocycles. The van der Waals surface area contributed by atoms with Crippen molar-refractivity contribution in [2.45, 2.75) is 25.9 Å². The summed E-state index contributed by atoms with van der Waals surface area (Å²) in [5.74, 6) is 2.01. The molecule has 0 aliphatic carbocycles. The number of fused-ring (bicyclic) bond motifs is 1. The van der Waals surface area contributed by atoms with Crippen molar-refractivity contribution in [1.82, 2.24) is 9.55 Å². The van der Waals surface area contributed by atoms with E-state index < -0.39 is 0 Å². The van der Waals surface area contributed by atoms with Crippen LogP contribution in [0.4, 0.5) is 0 Å². The highest BCUT2D eigenvalue weighted by atomic mass is 35.5. The summed E-state index contributed by atoms with van der Waals surface area (Å²) in [5, 5.41) is 0.737. The molecule has 0 saturated heterocycles. The predicted molar refractivity (Wildman–Crippen MR) is 80.3 cm³/mol. The van der Waals surface area contributed by atoms with E-state index >= 15 is 0 Å². The third kappa shape index (κ3) is 2.66. The van der Waals surface area contributed by atoms with Crippen LogP contribution in [0.2, 0.25) is 5.02 Å². The largest absolute Gasteiger partial charge is 0.327 e. The zero-order valence-electron chi connectivity index (χ0n) is 10.7. The summed E-state index contributed by atoms with van der Waals surface area (Å²) in [6, 6.07) is 5.77. The van der Waals surface area contributed by atoms with Gasteiger partial charge in [0.25, 0.3) is 0 Å². The van der Waals surface area contributed by atoms with Crippen LogP contribution in [0.3, 0.4) is 0 Å². The van der Waals surface area contributed by atoms with Gasteiger partial charge in [-0.3, -0.25) is 0 Å². The maximum atomic E-state index is 6.23. The number of rotatable bonds is 5. The van der Waals surface area contributed by atoms with Crippen LogP contribution < -0.4 is 5.73 Å². The lowest BCUT2D eigenvalue weighted by molar-refractivity contribution is 0.601. The van der Waals surface area contributed by atoms with Gasteiger partial charge in [-0.1, -0.05) is 11.6 Å². The summed E-state index contributed by atoms with van der Waals surface area (Å²) in [7, 11) is 0. The molecule has 18 heavy (non-hydrogen) atoms. The number of hydrogen-bond acceptors (Lipinski definition) is 3. The normalized spacial score (nSPS) is 13.1. The number of hydrogen-bond donors (Lipinski definition) is 1. The highest BCUT2D eigenvalue weighted by molar-refractivity contribution is 7.98. The van der Waals surface area contributed by atoms with E-state index in [-0.39, 0.29) is 6.04 Å². The second-order valence-corrected chi connectivity index (χ2v) is 5.66. The fourth-order valence-electron chi connectivity index (χ4n) is 2.10. The highest BCUT2D eigenvalue weighted by Crippen LogP contribution is 2.24. The third-order valence-corrected chi connectivity index (χ3v) is 3.90. The summed E-state index contributed by atoms with van der Waals surface area (Å²) in [4.78, 5) is 4.65. The van der Waals surface area contributed by atoms with Crippen LogP contribution in [0, 0.1) is 0 Å². The van der Waals surface area contributed by atoms with E-state index in [2.05, 4.69) is 22.7 Å². The SMILES string of the molecule is CCn1c(C(N)CCSC)nc2ccc(Cl)cc21. The third-order valence-electron chi connectivity index (χ3n) is 3.02. The van der Waals surface area contributed by atoms with E-state index in [1.165, 1.54) is 0 Å². The molecule has 2 N–H and O–H groups in total. The van der Waals surface area contributed by atoms with E-state index in [4.69, 9.17) is 17.3 Å². The first-order valence-corrected chi connectivity index (χ1v) is 7.84. The summed E-state index contributed by atoms with van der Waals surface area (Å²) in [5.41, 5.74) is 8.27. The van der Waals surface area contributed by atoms with Crippen LogP contribution in [0.15, 0.2) is 18.2 Å². The lowest BCUT2D eigenvalue weighted by Gasteiger charge is -2.12. The average Bonchev–Trinajstić information content (AvgIpc) is 2.73. The van der Waals surface area contributed by atoms with Crippen molar-refractivity contribution in [1.29, 1.82) is 0 Å². The number of aryl methyl sites for hydroxylation is 1. The van der Waals surface area contributed by atoms with Gasteiger partial charge < -0.3 is 10.3 Å². The zero-order chi connectivity index (χ0) is 13.1. The first-order chi connectivity index (χ1) is 8.67. The van der Waals surface area contributed by atoms with Crippen molar-refractivity contribution in [2.24, 2.45) is 5.73 Å². The van der Waals surface area contributed by atoms with Crippen LogP contribution in [-0.4, -0.2) is 21.6 Å². The molecule has 2 rings (SSSR count). The number of nitrogens with zero attached hydrogens (tertiary/aromatic N) is 2. The minimum Gasteiger partial charge on any atom is -0.327 e. The molecule has 1 aromatic carbocycles. The van der Waals surface area contributed by atoms with E-state index in [9.17, 15) is 0 Å². The lowest BCUT2D eigenvalue weighted by Crippen LogP contribution is -2.17. The number of benzene rings is 1. The molecule has 3 nitrogen and oxygen atoms in total. The molecule has 0 spiro atoms. The molecule has 1 unspecified atom stereocenters. The van der Waals surface area contributed by atoms with Gasteiger partial charge in [-0.15, -0.1) is 0 Å². The first-order valence-electron chi connectivity index (χ1n) is 6.07. The molecule has 0 aliphatic rings. The summed E-state index contributed by atoms with van der Waals surface area (Å²) < 4.78 is 2.16. The maximum Gasteiger partial charge on any atom is 0.126 e. The second-order valence-electron chi connectivity index (χ2n) is 4.24. The molecule has 1 aromatic heterocycles. The van der Waals surface area contributed by atoms with Gasteiger partial charge in [-0.05, 0) is 43.6 Å². The molecule has 1 heterocycles. The topological polar surface area (TPSA) is 43.8 Å². The molecule has 2 aromatic rings. The molecule has 0 bridgehead atoms. The Hall–Kier alpha value is -0.710. The number of nitrogens with two attached hydrogens (primary N) is 1. The Morgan fingerprint density at radius 3 is 2.94 bits per heavy atom. The van der Waals surface area contributed by atoms with Crippen LogP contribution in [0.1, 0.15) is 25.2 Å². The van der Waals surface area contributed by atoms with Crippen LogP contribution in [0.5, 0.6) is 0 Å². The maximum absolute atomic E-state index is 6.23. The molecule has 0 amide bonds. The summed E-state index contributed by atoms with van der Waals surface area (Å²) >= 11 is 7.85. The quantitative estimate of drug-likeness (QED) is 0.914. The fourth-order valence-corrected chi connectivity index (χ4v) is 2.76. The van der Waals surface area contributed by atoms with Crippen molar-refractivity contribution in [3.8, 4) is 0 Å². The monoisotopic (exact) mass is 283 g/mol. The fraction of sp³-hybridized carbons (Fsp3) is 0.462. The number of thioether (sulfide) groups is 1. The van der Waals surface area contributed by atoms with Gasteiger partial charge in [0.15, 0.2) is 0 Å². The Kier molecular flexibility index (Phi) is 4.54.